The molecule has 2 aromatic rings. The highest BCUT2D eigenvalue weighted by Crippen LogP contribution is 2.30. The molecule has 2 rings (SSSR count). The van der Waals surface area contributed by atoms with Crippen molar-refractivity contribution in [2.45, 2.75) is 19.3 Å². The summed E-state index contributed by atoms with van der Waals surface area (Å²) in [5.74, 6) is 0.771. The molecule has 1 aromatic heterocycles. The molecule has 0 aliphatic heterocycles. The Morgan fingerprint density at radius 2 is 1.85 bits per heavy atom. The first-order valence-corrected chi connectivity index (χ1v) is 9.69. The Morgan fingerprint density at radius 1 is 1.20 bits per heavy atom. The fourth-order valence-corrected chi connectivity index (χ4v) is 4.44. The van der Waals surface area contributed by atoms with Crippen LogP contribution < -0.4 is 5.73 Å². The summed E-state index contributed by atoms with van der Waals surface area (Å²) in [5, 5.41) is 8.12. The number of hydrogen-bond acceptors (Lipinski definition) is 7. The first-order chi connectivity index (χ1) is 9.67. The van der Waals surface area contributed by atoms with Gasteiger partial charge in [-0.3, -0.25) is 4.79 Å². The number of hydrogen-bond donors (Lipinski definition) is 1. The highest BCUT2D eigenvalue weighted by Gasteiger charge is 2.07. The Hall–Kier alpha value is -0.700. The molecule has 20 heavy (non-hydrogen) atoms. The largest absolute Gasteiger partial charge is 0.369 e. The number of nitrogens with two attached hydrogens (primary N) is 1. The third kappa shape index (κ3) is 5.01. The number of carbonyl (C=O) groups is 1. The van der Waals surface area contributed by atoms with Crippen LogP contribution in [0.5, 0.6) is 0 Å². The molecule has 0 atom stereocenters. The topological polar surface area (TPSA) is 68.9 Å². The van der Waals surface area contributed by atoms with Crippen molar-refractivity contribution < 1.29 is 4.79 Å². The average Bonchev–Trinajstić information content (AvgIpc) is 2.91. The van der Waals surface area contributed by atoms with Gasteiger partial charge in [-0.05, 0) is 24.0 Å². The molecule has 0 unspecified atom stereocenters. The molecule has 0 saturated carbocycles. The summed E-state index contributed by atoms with van der Waals surface area (Å²) in [6, 6.07) is 8.49. The van der Waals surface area contributed by atoms with Gasteiger partial charge in [-0.25, -0.2) is 0 Å². The zero-order valence-corrected chi connectivity index (χ0v) is 14.0. The van der Waals surface area contributed by atoms with Crippen molar-refractivity contribution in [1.82, 2.24) is 10.2 Å². The minimum atomic E-state index is -0.340. The fourth-order valence-electron chi connectivity index (χ4n) is 1.31. The molecule has 1 amide bonds. The Morgan fingerprint density at radius 3 is 2.45 bits per heavy atom. The number of benzene rings is 1. The Labute approximate surface area is 134 Å². The highest BCUT2D eigenvalue weighted by atomic mass is 32.2. The van der Waals surface area contributed by atoms with Crippen LogP contribution in [0, 0.1) is 0 Å². The number of thioether (sulfide) groups is 3. The first-order valence-electron chi connectivity index (χ1n) is 5.67. The number of aromatic nitrogens is 2. The third-order valence-corrected chi connectivity index (χ3v) is 6.27. The Bertz CT molecular complexity index is 570. The standard InChI is InChI=1S/C12H13N3OS4/c1-17-9-4-2-8(3-5-9)6-18-11-14-15-12(20-11)19-7-10(13)16/h2-5H,6-7H2,1H3,(H2,13,16). The van der Waals surface area contributed by atoms with Crippen LogP contribution in [0.3, 0.4) is 0 Å². The van der Waals surface area contributed by atoms with E-state index in [2.05, 4.69) is 40.7 Å². The second kappa shape index (κ2) is 7.92. The van der Waals surface area contributed by atoms with E-state index >= 15 is 0 Å². The second-order valence-electron chi connectivity index (χ2n) is 3.73. The summed E-state index contributed by atoms with van der Waals surface area (Å²) in [6.07, 6.45) is 2.07. The normalized spacial score (nSPS) is 10.7. The van der Waals surface area contributed by atoms with E-state index in [1.807, 2.05) is 0 Å². The lowest BCUT2D eigenvalue weighted by molar-refractivity contribution is -0.115. The SMILES string of the molecule is CSc1ccc(CSc2nnc(SCC(N)=O)s2)cc1. The molecule has 0 saturated heterocycles. The summed E-state index contributed by atoms with van der Waals surface area (Å²) >= 11 is 6.21. The highest BCUT2D eigenvalue weighted by molar-refractivity contribution is 8.03. The second-order valence-corrected chi connectivity index (χ2v) is 8.03. The van der Waals surface area contributed by atoms with Crippen molar-refractivity contribution in [2.24, 2.45) is 5.73 Å². The molecule has 1 aromatic carbocycles. The molecule has 0 bridgehead atoms. The minimum absolute atomic E-state index is 0.245. The van der Waals surface area contributed by atoms with E-state index in [0.29, 0.717) is 0 Å². The van der Waals surface area contributed by atoms with Crippen molar-refractivity contribution in [3.8, 4) is 0 Å². The van der Waals surface area contributed by atoms with Crippen LogP contribution in [0.1, 0.15) is 5.56 Å². The summed E-state index contributed by atoms with van der Waals surface area (Å²) in [4.78, 5) is 12.0. The van der Waals surface area contributed by atoms with Crippen molar-refractivity contribution >= 4 is 52.5 Å². The molecule has 0 spiro atoms. The lowest BCUT2D eigenvalue weighted by atomic mass is 10.2. The van der Waals surface area contributed by atoms with Gasteiger partial charge in [0.25, 0.3) is 0 Å². The molecular weight excluding hydrogens is 330 g/mol. The number of rotatable bonds is 7. The lowest BCUT2D eigenvalue weighted by Crippen LogP contribution is -2.12. The maximum atomic E-state index is 10.7. The number of carbonyl (C=O) groups excluding carboxylic acids is 1. The van der Waals surface area contributed by atoms with Crippen LogP contribution in [-0.4, -0.2) is 28.1 Å². The van der Waals surface area contributed by atoms with Gasteiger partial charge in [0.1, 0.15) is 0 Å². The Balaban J connectivity index is 1.85. The van der Waals surface area contributed by atoms with E-state index in [9.17, 15) is 4.79 Å². The third-order valence-electron chi connectivity index (χ3n) is 2.25. The summed E-state index contributed by atoms with van der Waals surface area (Å²) < 4.78 is 1.69. The smallest absolute Gasteiger partial charge is 0.227 e. The van der Waals surface area contributed by atoms with E-state index in [-0.39, 0.29) is 11.7 Å². The van der Waals surface area contributed by atoms with Gasteiger partial charge in [-0.15, -0.1) is 22.0 Å². The minimum Gasteiger partial charge on any atom is -0.369 e. The van der Waals surface area contributed by atoms with Crippen LogP contribution in [0.2, 0.25) is 0 Å². The van der Waals surface area contributed by atoms with Gasteiger partial charge >= 0.3 is 0 Å². The molecule has 0 radical (unpaired) electrons. The maximum absolute atomic E-state index is 10.7. The quantitative estimate of drug-likeness (QED) is 0.779. The fraction of sp³-hybridized carbons (Fsp3) is 0.250. The van der Waals surface area contributed by atoms with Crippen LogP contribution in [0.25, 0.3) is 0 Å². The van der Waals surface area contributed by atoms with E-state index in [1.165, 1.54) is 33.6 Å². The molecule has 4 nitrogen and oxygen atoms in total. The van der Waals surface area contributed by atoms with Gasteiger partial charge in [0.15, 0.2) is 8.68 Å². The van der Waals surface area contributed by atoms with Gasteiger partial charge in [-0.1, -0.05) is 47.0 Å². The van der Waals surface area contributed by atoms with E-state index in [0.717, 1.165) is 14.4 Å². The number of nitrogens with zero attached hydrogens (tertiary/aromatic N) is 2. The van der Waals surface area contributed by atoms with Gasteiger partial charge in [-0.2, -0.15) is 0 Å². The van der Waals surface area contributed by atoms with E-state index < -0.39 is 0 Å². The van der Waals surface area contributed by atoms with Crippen LogP contribution in [-0.2, 0) is 10.5 Å². The monoisotopic (exact) mass is 343 g/mol. The molecule has 0 aliphatic rings. The first kappa shape index (κ1) is 15.7. The van der Waals surface area contributed by atoms with Gasteiger partial charge in [0.05, 0.1) is 5.75 Å². The summed E-state index contributed by atoms with van der Waals surface area (Å²) in [7, 11) is 0. The average molecular weight is 344 g/mol. The van der Waals surface area contributed by atoms with Crippen LogP contribution >= 0.6 is 46.6 Å². The van der Waals surface area contributed by atoms with Crippen LogP contribution in [0.4, 0.5) is 0 Å². The molecular formula is C12H13N3OS4. The molecule has 0 fully saturated rings. The van der Waals surface area contributed by atoms with Crippen molar-refractivity contribution in [3.63, 3.8) is 0 Å². The van der Waals surface area contributed by atoms with Crippen molar-refractivity contribution in [2.75, 3.05) is 12.0 Å². The van der Waals surface area contributed by atoms with Gasteiger partial charge in [0, 0.05) is 10.6 Å². The molecule has 1 heterocycles. The zero-order valence-electron chi connectivity index (χ0n) is 10.7. The molecule has 0 aliphatic carbocycles. The summed E-state index contributed by atoms with van der Waals surface area (Å²) in [5.41, 5.74) is 6.35. The summed E-state index contributed by atoms with van der Waals surface area (Å²) in [6.45, 7) is 0. The van der Waals surface area contributed by atoms with Crippen LogP contribution in [0.15, 0.2) is 37.8 Å². The van der Waals surface area contributed by atoms with E-state index in [1.54, 1.807) is 23.5 Å². The number of primary amides is 1. The predicted molar refractivity (Wildman–Crippen MR) is 87.6 cm³/mol. The van der Waals surface area contributed by atoms with Gasteiger partial charge < -0.3 is 5.73 Å². The molecule has 2 N–H and O–H groups in total. The lowest BCUT2D eigenvalue weighted by Gasteiger charge is -2.00. The maximum Gasteiger partial charge on any atom is 0.227 e. The van der Waals surface area contributed by atoms with Crippen molar-refractivity contribution in [1.29, 1.82) is 0 Å². The molecule has 8 heteroatoms. The zero-order chi connectivity index (χ0) is 14.4. The van der Waals surface area contributed by atoms with E-state index in [4.69, 9.17) is 5.73 Å². The predicted octanol–water partition coefficient (Wildman–Crippen LogP) is 3.13. The number of amides is 1. The Kier molecular flexibility index (Phi) is 6.21. The van der Waals surface area contributed by atoms with Gasteiger partial charge in [0.2, 0.25) is 5.91 Å². The molecule has 106 valence electrons. The van der Waals surface area contributed by atoms with Crippen molar-refractivity contribution in [3.05, 3.63) is 29.8 Å².